The summed E-state index contributed by atoms with van der Waals surface area (Å²) in [5.41, 5.74) is 0. The van der Waals surface area contributed by atoms with E-state index in [1.54, 1.807) is 6.92 Å². The quantitative estimate of drug-likeness (QED) is 0.172. The fraction of sp³-hybridized carbons (Fsp3) is 1.00. The van der Waals surface area contributed by atoms with Crippen LogP contribution in [0, 0.1) is 0 Å². The van der Waals surface area contributed by atoms with Crippen LogP contribution in [0.25, 0.3) is 0 Å². The van der Waals surface area contributed by atoms with Crippen molar-refractivity contribution in [1.82, 2.24) is 0 Å². The fourth-order valence-corrected chi connectivity index (χ4v) is 2.62. The van der Waals surface area contributed by atoms with E-state index < -0.39 is 4.81 Å². The molecular weight excluding hydrogens is 298 g/mol. The Labute approximate surface area is 153 Å². The summed E-state index contributed by atoms with van der Waals surface area (Å²) < 4.78 is 0. The smallest absolute Gasteiger partial charge is 0.139 e. The molecule has 148 valence electrons. The minimum Gasteiger partial charge on any atom is -0.182 e. The van der Waals surface area contributed by atoms with E-state index in [9.17, 15) is 0 Å². The molecular formula is C21H48NO2+. The van der Waals surface area contributed by atoms with Gasteiger partial charge in [-0.2, -0.15) is 10.4 Å². The second kappa shape index (κ2) is 20.9. The monoisotopic (exact) mass is 346 g/mol. The molecule has 0 rings (SSSR count). The minimum absolute atomic E-state index is 0.319. The van der Waals surface area contributed by atoms with Gasteiger partial charge >= 0.3 is 0 Å². The highest BCUT2D eigenvalue weighted by Crippen LogP contribution is 2.13. The molecule has 0 aliphatic carbocycles. The zero-order valence-electron chi connectivity index (χ0n) is 17.4. The van der Waals surface area contributed by atoms with Crippen molar-refractivity contribution in [2.24, 2.45) is 0 Å². The van der Waals surface area contributed by atoms with Crippen LogP contribution in [0.1, 0.15) is 124 Å². The summed E-state index contributed by atoms with van der Waals surface area (Å²) in [4.78, 5) is -0.931. The van der Waals surface area contributed by atoms with Crippen LogP contribution in [-0.2, 0) is 0 Å². The number of hydroxylamine groups is 4. The number of unbranched alkanes of at least 4 members (excludes halogenated alkanes) is 15. The second-order valence-corrected chi connectivity index (χ2v) is 7.35. The number of rotatable bonds is 16. The van der Waals surface area contributed by atoms with Gasteiger partial charge in [0.1, 0.15) is 13.6 Å². The number of quaternary nitrogens is 1. The molecule has 0 aliphatic heterocycles. The van der Waals surface area contributed by atoms with Crippen LogP contribution in [0.3, 0.4) is 0 Å². The highest BCUT2D eigenvalue weighted by molar-refractivity contribution is 4.49. The third-order valence-electron chi connectivity index (χ3n) is 4.56. The third-order valence-corrected chi connectivity index (χ3v) is 4.56. The van der Waals surface area contributed by atoms with Crippen molar-refractivity contribution in [1.29, 1.82) is 0 Å². The summed E-state index contributed by atoms with van der Waals surface area (Å²) in [5, 5.41) is 16.6. The molecule has 0 amide bonds. The molecule has 3 heteroatoms. The van der Waals surface area contributed by atoms with Gasteiger partial charge in [0.15, 0.2) is 0 Å². The molecule has 0 atom stereocenters. The first kappa shape index (κ1) is 26.1. The molecule has 0 saturated heterocycles. The molecule has 0 aromatic heterocycles. The Morgan fingerprint density at radius 1 is 0.458 bits per heavy atom. The number of hydrogen-bond acceptors (Lipinski definition) is 2. The van der Waals surface area contributed by atoms with Crippen molar-refractivity contribution in [3.8, 4) is 0 Å². The average molecular weight is 347 g/mol. The molecule has 0 unspecified atom stereocenters. The van der Waals surface area contributed by atoms with Crippen molar-refractivity contribution < 1.29 is 15.2 Å². The lowest BCUT2D eigenvalue weighted by Crippen LogP contribution is -2.35. The topological polar surface area (TPSA) is 40.5 Å². The summed E-state index contributed by atoms with van der Waals surface area (Å²) in [6.45, 7) is 6.59. The predicted molar refractivity (Wildman–Crippen MR) is 106 cm³/mol. The van der Waals surface area contributed by atoms with Crippen LogP contribution in [0.4, 0.5) is 0 Å². The molecule has 0 aromatic carbocycles. The molecule has 0 heterocycles. The Kier molecular flexibility index (Phi) is 22.8. The van der Waals surface area contributed by atoms with Crippen LogP contribution < -0.4 is 0 Å². The number of hydrogen-bond donors (Lipinski definition) is 2. The molecule has 0 aromatic rings. The van der Waals surface area contributed by atoms with Gasteiger partial charge < -0.3 is 0 Å². The van der Waals surface area contributed by atoms with Crippen molar-refractivity contribution in [3.63, 3.8) is 0 Å². The SMILES string of the molecule is CCCCCCCCCCCCCCCCCC.CC[N+](C)(O)O. The van der Waals surface area contributed by atoms with Crippen LogP contribution in [0.2, 0.25) is 0 Å². The zero-order valence-corrected chi connectivity index (χ0v) is 17.4. The maximum atomic E-state index is 8.32. The first-order valence-corrected chi connectivity index (χ1v) is 10.8. The first-order chi connectivity index (χ1) is 11.5. The van der Waals surface area contributed by atoms with Gasteiger partial charge in [-0.15, -0.1) is 0 Å². The van der Waals surface area contributed by atoms with Crippen LogP contribution in [-0.4, -0.2) is 28.8 Å². The first-order valence-electron chi connectivity index (χ1n) is 10.8. The molecule has 0 aliphatic rings. The van der Waals surface area contributed by atoms with Gasteiger partial charge in [0.05, 0.1) is 0 Å². The van der Waals surface area contributed by atoms with Crippen LogP contribution in [0.15, 0.2) is 0 Å². The Morgan fingerprint density at radius 2 is 0.625 bits per heavy atom. The lowest BCUT2D eigenvalue weighted by molar-refractivity contribution is -1.23. The molecule has 3 nitrogen and oxygen atoms in total. The molecule has 0 fully saturated rings. The standard InChI is InChI=1S/C18H38.C3H10NO2/c1-3-5-7-9-11-13-15-17-18-16-14-12-10-8-6-4-2;1-3-4(2,5)6/h3-18H2,1-2H3;5-6H,3H2,1-2H3/q;+1. The normalized spacial score (nSPS) is 11.2. The lowest BCUT2D eigenvalue weighted by Gasteiger charge is -2.10. The molecule has 0 spiro atoms. The van der Waals surface area contributed by atoms with Crippen molar-refractivity contribution in [3.05, 3.63) is 0 Å². The Hall–Kier alpha value is -0.120. The Bertz CT molecular complexity index is 198. The Morgan fingerprint density at radius 3 is 0.750 bits per heavy atom. The van der Waals surface area contributed by atoms with Crippen molar-refractivity contribution in [2.75, 3.05) is 13.6 Å². The maximum Gasteiger partial charge on any atom is 0.139 e. The minimum atomic E-state index is -0.931. The maximum absolute atomic E-state index is 8.32. The van der Waals surface area contributed by atoms with E-state index in [1.165, 1.54) is 110 Å². The molecule has 0 radical (unpaired) electrons. The summed E-state index contributed by atoms with van der Waals surface area (Å²) in [7, 11) is 1.29. The van der Waals surface area contributed by atoms with E-state index in [-0.39, 0.29) is 0 Å². The Balaban J connectivity index is 0. The van der Waals surface area contributed by atoms with E-state index in [4.69, 9.17) is 10.4 Å². The highest BCUT2D eigenvalue weighted by Gasteiger charge is 2.06. The van der Waals surface area contributed by atoms with Crippen molar-refractivity contribution in [2.45, 2.75) is 124 Å². The predicted octanol–water partition coefficient (Wildman–Crippen LogP) is 7.50. The van der Waals surface area contributed by atoms with E-state index >= 15 is 0 Å². The molecule has 24 heavy (non-hydrogen) atoms. The van der Waals surface area contributed by atoms with Gasteiger partial charge in [0.25, 0.3) is 0 Å². The van der Waals surface area contributed by atoms with Gasteiger partial charge in [0, 0.05) is 0 Å². The second-order valence-electron chi connectivity index (χ2n) is 7.35. The van der Waals surface area contributed by atoms with Gasteiger partial charge in [-0.25, -0.2) is 0 Å². The third kappa shape index (κ3) is 29.8. The van der Waals surface area contributed by atoms with E-state index in [1.807, 2.05) is 0 Å². The van der Waals surface area contributed by atoms with Gasteiger partial charge in [0.2, 0.25) is 0 Å². The zero-order chi connectivity index (χ0) is 18.5. The van der Waals surface area contributed by atoms with E-state index in [0.29, 0.717) is 6.54 Å². The molecule has 0 bridgehead atoms. The molecule has 0 saturated carbocycles. The largest absolute Gasteiger partial charge is 0.182 e. The summed E-state index contributed by atoms with van der Waals surface area (Å²) in [6, 6.07) is 0. The van der Waals surface area contributed by atoms with E-state index in [2.05, 4.69) is 13.8 Å². The molecule has 2 N–H and O–H groups in total. The summed E-state index contributed by atoms with van der Waals surface area (Å²) >= 11 is 0. The van der Waals surface area contributed by atoms with Gasteiger partial charge in [-0.05, 0) is 6.92 Å². The van der Waals surface area contributed by atoms with Crippen LogP contribution >= 0.6 is 0 Å². The lowest BCUT2D eigenvalue weighted by atomic mass is 10.0. The number of nitrogens with zero attached hydrogens (tertiary/aromatic N) is 1. The average Bonchev–Trinajstić information content (AvgIpc) is 2.55. The van der Waals surface area contributed by atoms with E-state index in [0.717, 1.165) is 0 Å². The summed E-state index contributed by atoms with van der Waals surface area (Å²) in [6.07, 6.45) is 23.4. The fourth-order valence-electron chi connectivity index (χ4n) is 2.62. The van der Waals surface area contributed by atoms with Gasteiger partial charge in [-0.3, -0.25) is 0 Å². The highest BCUT2D eigenvalue weighted by atomic mass is 16.8. The van der Waals surface area contributed by atoms with Gasteiger partial charge in [-0.1, -0.05) is 121 Å². The summed E-state index contributed by atoms with van der Waals surface area (Å²) in [5.74, 6) is 0. The van der Waals surface area contributed by atoms with Crippen molar-refractivity contribution >= 4 is 0 Å². The van der Waals surface area contributed by atoms with Crippen LogP contribution in [0.5, 0.6) is 0 Å².